The summed E-state index contributed by atoms with van der Waals surface area (Å²) in [7, 11) is 0. The van der Waals surface area contributed by atoms with Crippen molar-refractivity contribution in [1.82, 2.24) is 0 Å². The van der Waals surface area contributed by atoms with E-state index < -0.39 is 0 Å². The van der Waals surface area contributed by atoms with Crippen molar-refractivity contribution in [3.8, 4) is 0 Å². The van der Waals surface area contributed by atoms with Crippen molar-refractivity contribution in [3.63, 3.8) is 0 Å². The Labute approximate surface area is 62.6 Å². The topological polar surface area (TPSA) is 0 Å². The van der Waals surface area contributed by atoms with Crippen LogP contribution in [-0.2, 0) is 0 Å². The maximum atomic E-state index is 2.38. The van der Waals surface area contributed by atoms with Gasteiger partial charge in [0.05, 0.1) is 0 Å². The van der Waals surface area contributed by atoms with Gasteiger partial charge in [-0.25, -0.2) is 0 Å². The molecule has 2 rings (SSSR count). The van der Waals surface area contributed by atoms with Crippen LogP contribution in [0, 0.1) is 6.42 Å². The average Bonchev–Trinajstić information content (AvgIpc) is 2.05. The monoisotopic (exact) mass is 133 g/mol. The van der Waals surface area contributed by atoms with E-state index in [4.69, 9.17) is 0 Å². The quantitative estimate of drug-likeness (QED) is 0.476. The van der Waals surface area contributed by atoms with E-state index in [1.807, 2.05) is 0 Å². The van der Waals surface area contributed by atoms with Gasteiger partial charge in [-0.3, -0.25) is 0 Å². The van der Waals surface area contributed by atoms with Gasteiger partial charge in [-0.15, -0.1) is 0 Å². The fourth-order valence-corrected chi connectivity index (χ4v) is 1.78. The normalized spacial score (nSPS) is 24.8. The molecule has 0 aromatic heterocycles. The SMILES string of the molecule is [CH]1CCCC2=C1C=CCC2. The van der Waals surface area contributed by atoms with Crippen LogP contribution in [0.4, 0.5) is 0 Å². The number of allylic oxidation sites excluding steroid dienone is 4. The Morgan fingerprint density at radius 3 is 3.00 bits per heavy atom. The van der Waals surface area contributed by atoms with E-state index in [1.165, 1.54) is 37.7 Å². The van der Waals surface area contributed by atoms with Crippen LogP contribution in [0.3, 0.4) is 0 Å². The summed E-state index contributed by atoms with van der Waals surface area (Å²) < 4.78 is 0. The average molecular weight is 133 g/mol. The first-order valence-corrected chi connectivity index (χ1v) is 4.18. The molecule has 0 aromatic rings. The summed E-state index contributed by atoms with van der Waals surface area (Å²) in [4.78, 5) is 0. The summed E-state index contributed by atoms with van der Waals surface area (Å²) in [6, 6.07) is 0. The summed E-state index contributed by atoms with van der Waals surface area (Å²) >= 11 is 0. The molecule has 0 unspecified atom stereocenters. The smallest absolute Gasteiger partial charge is 0.00935 e. The van der Waals surface area contributed by atoms with Crippen molar-refractivity contribution in [1.29, 1.82) is 0 Å². The van der Waals surface area contributed by atoms with Crippen LogP contribution >= 0.6 is 0 Å². The molecule has 0 aliphatic heterocycles. The minimum Gasteiger partial charge on any atom is -0.0839 e. The summed E-state index contributed by atoms with van der Waals surface area (Å²) in [5.74, 6) is 0. The van der Waals surface area contributed by atoms with Gasteiger partial charge >= 0.3 is 0 Å². The molecule has 0 nitrogen and oxygen atoms in total. The van der Waals surface area contributed by atoms with Crippen LogP contribution in [0.5, 0.6) is 0 Å². The zero-order chi connectivity index (χ0) is 6.81. The summed E-state index contributed by atoms with van der Waals surface area (Å²) in [6.07, 6.45) is 13.6. The van der Waals surface area contributed by atoms with Crippen LogP contribution in [0.25, 0.3) is 0 Å². The first-order chi connectivity index (χ1) is 4.97. The number of rotatable bonds is 0. The van der Waals surface area contributed by atoms with Gasteiger partial charge in [-0.05, 0) is 44.1 Å². The lowest BCUT2D eigenvalue weighted by Gasteiger charge is -2.20. The maximum Gasteiger partial charge on any atom is -0.00935 e. The third-order valence-electron chi connectivity index (χ3n) is 2.37. The number of hydrogen-bond acceptors (Lipinski definition) is 0. The molecule has 10 heavy (non-hydrogen) atoms. The van der Waals surface area contributed by atoms with Gasteiger partial charge in [0.2, 0.25) is 0 Å². The third-order valence-corrected chi connectivity index (χ3v) is 2.37. The van der Waals surface area contributed by atoms with Gasteiger partial charge in [-0.1, -0.05) is 17.7 Å². The van der Waals surface area contributed by atoms with Gasteiger partial charge in [0.25, 0.3) is 0 Å². The molecule has 0 saturated carbocycles. The highest BCUT2D eigenvalue weighted by Crippen LogP contribution is 2.30. The van der Waals surface area contributed by atoms with E-state index in [-0.39, 0.29) is 0 Å². The van der Waals surface area contributed by atoms with Gasteiger partial charge in [-0.2, -0.15) is 0 Å². The Morgan fingerprint density at radius 2 is 2.10 bits per heavy atom. The zero-order valence-corrected chi connectivity index (χ0v) is 6.27. The van der Waals surface area contributed by atoms with Crippen LogP contribution in [0.2, 0.25) is 0 Å². The molecule has 0 atom stereocenters. The number of hydrogen-bond donors (Lipinski definition) is 0. The molecule has 1 radical (unpaired) electrons. The van der Waals surface area contributed by atoms with E-state index in [9.17, 15) is 0 Å². The Balaban J connectivity index is 2.23. The van der Waals surface area contributed by atoms with Crippen molar-refractivity contribution in [2.24, 2.45) is 0 Å². The summed E-state index contributed by atoms with van der Waals surface area (Å²) in [5, 5.41) is 0. The van der Waals surface area contributed by atoms with E-state index in [0.29, 0.717) is 0 Å². The van der Waals surface area contributed by atoms with Gasteiger partial charge in [0.15, 0.2) is 0 Å². The fourth-order valence-electron chi connectivity index (χ4n) is 1.78. The molecule has 0 aromatic carbocycles. The molecule has 2 aliphatic rings. The minimum absolute atomic E-state index is 1.27. The van der Waals surface area contributed by atoms with E-state index in [2.05, 4.69) is 18.6 Å². The molecule has 53 valence electrons. The second-order valence-corrected chi connectivity index (χ2v) is 3.10. The van der Waals surface area contributed by atoms with Crippen LogP contribution in [0.15, 0.2) is 23.3 Å². The molecule has 2 aliphatic carbocycles. The van der Waals surface area contributed by atoms with Crippen molar-refractivity contribution >= 4 is 0 Å². The second-order valence-electron chi connectivity index (χ2n) is 3.10. The first-order valence-electron chi connectivity index (χ1n) is 4.18. The molecule has 0 spiro atoms. The summed E-state index contributed by atoms with van der Waals surface area (Å²) in [6.45, 7) is 0. The predicted molar refractivity (Wildman–Crippen MR) is 43.6 cm³/mol. The third kappa shape index (κ3) is 1.03. The molecule has 0 bridgehead atoms. The first kappa shape index (κ1) is 6.21. The fraction of sp³-hybridized carbons (Fsp3) is 0.500. The lowest BCUT2D eigenvalue weighted by atomic mass is 9.86. The van der Waals surface area contributed by atoms with Crippen LogP contribution < -0.4 is 0 Å². The van der Waals surface area contributed by atoms with Gasteiger partial charge in [0.1, 0.15) is 0 Å². The molecule has 0 saturated heterocycles. The maximum absolute atomic E-state index is 2.38. The predicted octanol–water partition coefficient (Wildman–Crippen LogP) is 3.02. The van der Waals surface area contributed by atoms with E-state index in [0.717, 1.165) is 0 Å². The van der Waals surface area contributed by atoms with Gasteiger partial charge < -0.3 is 0 Å². The molecule has 0 heterocycles. The zero-order valence-electron chi connectivity index (χ0n) is 6.27. The second kappa shape index (κ2) is 2.61. The van der Waals surface area contributed by atoms with Crippen molar-refractivity contribution in [2.75, 3.05) is 0 Å². The highest BCUT2D eigenvalue weighted by Gasteiger charge is 2.11. The largest absolute Gasteiger partial charge is 0.0839 e. The molecule has 0 heteroatoms. The molecule has 0 N–H and O–H groups in total. The van der Waals surface area contributed by atoms with E-state index in [1.54, 1.807) is 5.57 Å². The molecular weight excluding hydrogens is 120 g/mol. The van der Waals surface area contributed by atoms with Crippen molar-refractivity contribution in [3.05, 3.63) is 29.7 Å². The van der Waals surface area contributed by atoms with Crippen LogP contribution in [0.1, 0.15) is 32.1 Å². The minimum atomic E-state index is 1.27. The molecular formula is C10H13. The Kier molecular flexibility index (Phi) is 1.62. The Hall–Kier alpha value is -0.520. The van der Waals surface area contributed by atoms with E-state index >= 15 is 0 Å². The standard InChI is InChI=1S/C10H13/c1-2-6-10-8-4-3-7-9(10)5-1/h1,5,7H,2-4,6,8H2. The Morgan fingerprint density at radius 1 is 1.10 bits per heavy atom. The van der Waals surface area contributed by atoms with Crippen LogP contribution in [-0.4, -0.2) is 0 Å². The summed E-state index contributed by atoms with van der Waals surface area (Å²) in [5.41, 5.74) is 3.24. The van der Waals surface area contributed by atoms with Crippen molar-refractivity contribution < 1.29 is 0 Å². The molecule has 0 amide bonds. The highest BCUT2D eigenvalue weighted by molar-refractivity contribution is 5.37. The Bertz CT molecular complexity index is 184. The van der Waals surface area contributed by atoms with Crippen molar-refractivity contribution in [2.45, 2.75) is 32.1 Å². The lowest BCUT2D eigenvalue weighted by Crippen LogP contribution is -2.01. The molecule has 0 fully saturated rings. The highest BCUT2D eigenvalue weighted by atomic mass is 14.2. The van der Waals surface area contributed by atoms with Gasteiger partial charge in [0, 0.05) is 0 Å². The lowest BCUT2D eigenvalue weighted by molar-refractivity contribution is 0.719.